The molecule has 0 aromatic heterocycles. The average molecular weight is 397 g/mol. The zero-order chi connectivity index (χ0) is 19.0. The van der Waals surface area contributed by atoms with Crippen molar-refractivity contribution in [3.05, 3.63) is 0 Å². The third kappa shape index (κ3) is 4.98. The fourth-order valence-electron chi connectivity index (χ4n) is 2.22. The highest BCUT2D eigenvalue weighted by molar-refractivity contribution is 8.14. The summed E-state index contributed by atoms with van der Waals surface area (Å²) >= 11 is 0. The zero-order valence-electron chi connectivity index (χ0n) is 15.2. The smallest absolute Gasteiger partial charge is 0.269 e. The molecule has 0 radical (unpaired) electrons. The van der Waals surface area contributed by atoms with Crippen LogP contribution in [0.4, 0.5) is 0 Å². The summed E-state index contributed by atoms with van der Waals surface area (Å²) < 4.78 is 52.5. The van der Waals surface area contributed by atoms with Gasteiger partial charge in [-0.15, -0.1) is 0 Å². The van der Waals surface area contributed by atoms with Crippen molar-refractivity contribution in [2.45, 2.75) is 39.5 Å². The highest BCUT2D eigenvalue weighted by Gasteiger charge is 2.35. The molecule has 0 aliphatic heterocycles. The van der Waals surface area contributed by atoms with Crippen molar-refractivity contribution in [1.29, 1.82) is 0 Å². The van der Waals surface area contributed by atoms with Crippen LogP contribution in [0, 0.1) is 0 Å². The van der Waals surface area contributed by atoms with Gasteiger partial charge in [-0.1, -0.05) is 0 Å². The largest absolute Gasteiger partial charge is 0.488 e. The standard InChI is InChI=1S/C16H25ClO7S/c1-6-20-11-12(21-7-2)14(23-9-4)16(25(17,18)19)15(24-10-5)13(11)22-8-3/h6-10H2,1-5H3. The molecule has 1 aromatic rings. The van der Waals surface area contributed by atoms with Crippen LogP contribution in [0.2, 0.25) is 0 Å². The van der Waals surface area contributed by atoms with Crippen LogP contribution in [0.25, 0.3) is 0 Å². The molecule has 0 atom stereocenters. The van der Waals surface area contributed by atoms with Crippen LogP contribution < -0.4 is 23.7 Å². The van der Waals surface area contributed by atoms with E-state index >= 15 is 0 Å². The maximum atomic E-state index is 12.3. The van der Waals surface area contributed by atoms with Crippen molar-refractivity contribution in [2.24, 2.45) is 0 Å². The Kier molecular flexibility index (Phi) is 8.44. The summed E-state index contributed by atoms with van der Waals surface area (Å²) in [5, 5.41) is 0. The Balaban J connectivity index is 4.00. The maximum absolute atomic E-state index is 12.3. The van der Waals surface area contributed by atoms with Crippen molar-refractivity contribution in [3.63, 3.8) is 0 Å². The molecule has 9 heteroatoms. The average Bonchev–Trinajstić information content (AvgIpc) is 2.53. The van der Waals surface area contributed by atoms with Crippen LogP contribution in [0.5, 0.6) is 28.7 Å². The molecule has 7 nitrogen and oxygen atoms in total. The molecule has 0 N–H and O–H groups in total. The Morgan fingerprint density at radius 1 is 0.600 bits per heavy atom. The van der Waals surface area contributed by atoms with Gasteiger partial charge in [0.05, 0.1) is 33.0 Å². The van der Waals surface area contributed by atoms with E-state index in [1.54, 1.807) is 34.6 Å². The van der Waals surface area contributed by atoms with Gasteiger partial charge in [-0.05, 0) is 34.6 Å². The quantitative estimate of drug-likeness (QED) is 0.528. The van der Waals surface area contributed by atoms with Crippen molar-refractivity contribution in [3.8, 4) is 28.7 Å². The Morgan fingerprint density at radius 2 is 0.840 bits per heavy atom. The van der Waals surface area contributed by atoms with Gasteiger partial charge in [0.2, 0.25) is 17.2 Å². The van der Waals surface area contributed by atoms with E-state index in [1.165, 1.54) is 0 Å². The van der Waals surface area contributed by atoms with Crippen LogP contribution in [-0.2, 0) is 9.05 Å². The Bertz CT molecular complexity index is 637. The van der Waals surface area contributed by atoms with Crippen LogP contribution in [0.3, 0.4) is 0 Å². The highest BCUT2D eigenvalue weighted by Crippen LogP contribution is 2.56. The first kappa shape index (κ1) is 21.5. The zero-order valence-corrected chi connectivity index (χ0v) is 16.8. The topological polar surface area (TPSA) is 80.3 Å². The molecule has 0 bridgehead atoms. The number of halogens is 1. The molecule has 0 unspecified atom stereocenters. The second kappa shape index (κ2) is 9.82. The summed E-state index contributed by atoms with van der Waals surface area (Å²) in [6.45, 7) is 9.99. The van der Waals surface area contributed by atoms with Gasteiger partial charge < -0.3 is 23.7 Å². The SMILES string of the molecule is CCOc1c(OCC)c(OCC)c(S(=O)(=O)Cl)c(OCC)c1OCC. The van der Waals surface area contributed by atoms with E-state index in [9.17, 15) is 8.42 Å². The second-order valence-corrected chi connectivity index (χ2v) is 7.08. The third-order valence-corrected chi connectivity index (χ3v) is 4.25. The lowest BCUT2D eigenvalue weighted by molar-refractivity contribution is 0.223. The second-order valence-electron chi connectivity index (χ2n) is 4.58. The molecular formula is C16H25ClO7S. The molecular weight excluding hydrogens is 372 g/mol. The molecule has 0 aliphatic rings. The lowest BCUT2D eigenvalue weighted by Gasteiger charge is -2.23. The predicted molar refractivity (Wildman–Crippen MR) is 95.3 cm³/mol. The van der Waals surface area contributed by atoms with Gasteiger partial charge in [-0.3, -0.25) is 0 Å². The first-order chi connectivity index (χ1) is 11.9. The lowest BCUT2D eigenvalue weighted by Crippen LogP contribution is -2.11. The number of benzene rings is 1. The lowest BCUT2D eigenvalue weighted by atomic mass is 10.2. The van der Waals surface area contributed by atoms with Gasteiger partial charge in [0.15, 0.2) is 16.4 Å². The van der Waals surface area contributed by atoms with Gasteiger partial charge in [0, 0.05) is 10.7 Å². The molecule has 0 amide bonds. The number of ether oxygens (including phenoxy) is 5. The highest BCUT2D eigenvalue weighted by atomic mass is 35.7. The van der Waals surface area contributed by atoms with Gasteiger partial charge in [0.1, 0.15) is 0 Å². The van der Waals surface area contributed by atoms with Crippen LogP contribution in [-0.4, -0.2) is 41.5 Å². The summed E-state index contributed by atoms with van der Waals surface area (Å²) in [6.07, 6.45) is 0. The van der Waals surface area contributed by atoms with Crippen molar-refractivity contribution in [1.82, 2.24) is 0 Å². The van der Waals surface area contributed by atoms with E-state index in [-0.39, 0.29) is 60.1 Å². The molecule has 25 heavy (non-hydrogen) atoms. The Hall–Kier alpha value is -1.54. The van der Waals surface area contributed by atoms with E-state index in [1.807, 2.05) is 0 Å². The van der Waals surface area contributed by atoms with Crippen LogP contribution in [0.15, 0.2) is 4.90 Å². The van der Waals surface area contributed by atoms with Crippen molar-refractivity contribution < 1.29 is 32.1 Å². The van der Waals surface area contributed by atoms with Gasteiger partial charge in [0.25, 0.3) is 9.05 Å². The van der Waals surface area contributed by atoms with Crippen molar-refractivity contribution >= 4 is 19.7 Å². The normalized spacial score (nSPS) is 11.1. The van der Waals surface area contributed by atoms with E-state index in [4.69, 9.17) is 34.4 Å². The summed E-state index contributed by atoms with van der Waals surface area (Å²) in [4.78, 5) is -0.326. The molecule has 0 aliphatic carbocycles. The molecule has 0 heterocycles. The first-order valence-electron chi connectivity index (χ1n) is 8.19. The molecule has 0 spiro atoms. The van der Waals surface area contributed by atoms with E-state index in [0.29, 0.717) is 6.61 Å². The third-order valence-electron chi connectivity index (χ3n) is 2.92. The monoisotopic (exact) mass is 396 g/mol. The fraction of sp³-hybridized carbons (Fsp3) is 0.625. The molecule has 0 saturated carbocycles. The molecule has 144 valence electrons. The summed E-state index contributed by atoms with van der Waals surface area (Å²) in [6, 6.07) is 0. The number of rotatable bonds is 11. The molecule has 0 saturated heterocycles. The predicted octanol–water partition coefficient (Wildman–Crippen LogP) is 3.61. The van der Waals surface area contributed by atoms with Crippen LogP contribution >= 0.6 is 10.7 Å². The summed E-state index contributed by atoms with van der Waals surface area (Å²) in [7, 11) is 1.46. The minimum atomic E-state index is -4.22. The molecule has 1 aromatic carbocycles. The van der Waals surface area contributed by atoms with Crippen molar-refractivity contribution in [2.75, 3.05) is 33.0 Å². The minimum Gasteiger partial charge on any atom is -0.488 e. The summed E-state index contributed by atoms with van der Waals surface area (Å²) in [5.74, 6) is 0.376. The van der Waals surface area contributed by atoms with Crippen LogP contribution in [0.1, 0.15) is 34.6 Å². The molecule has 0 fully saturated rings. The fourth-order valence-corrected chi connectivity index (χ4v) is 3.38. The van der Waals surface area contributed by atoms with E-state index < -0.39 is 9.05 Å². The van der Waals surface area contributed by atoms with Gasteiger partial charge in [-0.25, -0.2) is 8.42 Å². The van der Waals surface area contributed by atoms with E-state index in [0.717, 1.165) is 0 Å². The summed E-state index contributed by atoms with van der Waals surface area (Å²) in [5.41, 5.74) is 0. The van der Waals surface area contributed by atoms with Gasteiger partial charge >= 0.3 is 0 Å². The van der Waals surface area contributed by atoms with Gasteiger partial charge in [-0.2, -0.15) is 0 Å². The Morgan fingerprint density at radius 3 is 1.08 bits per heavy atom. The van der Waals surface area contributed by atoms with E-state index in [2.05, 4.69) is 0 Å². The number of hydrogen-bond donors (Lipinski definition) is 0. The minimum absolute atomic E-state index is 0.0466. The first-order valence-corrected chi connectivity index (χ1v) is 10.5. The molecule has 1 rings (SSSR count). The Labute approximate surface area is 153 Å². The maximum Gasteiger partial charge on any atom is 0.269 e. The number of hydrogen-bond acceptors (Lipinski definition) is 7.